The van der Waals surface area contributed by atoms with E-state index in [4.69, 9.17) is 4.74 Å². The Labute approximate surface area is 121 Å². The van der Waals surface area contributed by atoms with Crippen molar-refractivity contribution in [2.45, 2.75) is 18.9 Å². The molecule has 1 aliphatic rings. The van der Waals surface area contributed by atoms with Crippen LogP contribution in [-0.4, -0.2) is 12.1 Å². The molecule has 0 radical (unpaired) electrons. The van der Waals surface area contributed by atoms with Crippen LogP contribution in [0.2, 0.25) is 0 Å². The largest absolute Gasteiger partial charge is 0.497 e. The molecule has 1 N–H and O–H groups in total. The van der Waals surface area contributed by atoms with Crippen LogP contribution in [0.4, 0.5) is 5.69 Å². The van der Waals surface area contributed by atoms with E-state index in [2.05, 4.69) is 38.4 Å². The molecule has 98 valence electrons. The summed E-state index contributed by atoms with van der Waals surface area (Å²) >= 11 is 3.35. The minimum Gasteiger partial charge on any atom is -0.497 e. The summed E-state index contributed by atoms with van der Waals surface area (Å²) in [5, 5.41) is 3.54. The summed E-state index contributed by atoms with van der Waals surface area (Å²) in [4.78, 5) is 4.24. The summed E-state index contributed by atoms with van der Waals surface area (Å²) in [5.41, 5.74) is 3.79. The van der Waals surface area contributed by atoms with E-state index >= 15 is 0 Å². The van der Waals surface area contributed by atoms with Crippen molar-refractivity contribution >= 4 is 21.6 Å². The number of ether oxygens (including phenoxy) is 1. The molecule has 1 unspecified atom stereocenters. The van der Waals surface area contributed by atoms with E-state index in [-0.39, 0.29) is 0 Å². The van der Waals surface area contributed by atoms with Crippen LogP contribution in [0.5, 0.6) is 5.75 Å². The van der Waals surface area contributed by atoms with Crippen LogP contribution in [-0.2, 0) is 6.42 Å². The number of fused-ring (bicyclic) bond motifs is 1. The van der Waals surface area contributed by atoms with Crippen molar-refractivity contribution in [3.63, 3.8) is 0 Å². The zero-order valence-electron chi connectivity index (χ0n) is 10.7. The van der Waals surface area contributed by atoms with Crippen molar-refractivity contribution < 1.29 is 4.74 Å². The minimum absolute atomic E-state index is 0.341. The van der Waals surface area contributed by atoms with E-state index in [9.17, 15) is 0 Å². The molecule has 3 nitrogen and oxygen atoms in total. The Morgan fingerprint density at radius 2 is 2.21 bits per heavy atom. The Hall–Kier alpha value is -1.55. The lowest BCUT2D eigenvalue weighted by Gasteiger charge is -2.16. The average Bonchev–Trinajstić information content (AvgIpc) is 2.84. The Balaban J connectivity index is 1.83. The normalized spacial score (nSPS) is 17.1. The maximum atomic E-state index is 5.31. The minimum atomic E-state index is 0.341. The van der Waals surface area contributed by atoms with Gasteiger partial charge in [0, 0.05) is 0 Å². The van der Waals surface area contributed by atoms with Crippen molar-refractivity contribution in [2.24, 2.45) is 0 Å². The molecule has 0 saturated carbocycles. The van der Waals surface area contributed by atoms with Gasteiger partial charge in [-0.2, -0.15) is 0 Å². The highest BCUT2D eigenvalue weighted by molar-refractivity contribution is 9.10. The number of anilines is 1. The first-order valence-corrected chi connectivity index (χ1v) is 7.10. The molecule has 1 aliphatic carbocycles. The second-order valence-corrected chi connectivity index (χ2v) is 5.48. The Bertz CT molecular complexity index is 583. The fraction of sp³-hybridized carbons (Fsp3) is 0.267. The molecular weight excluding hydrogens is 304 g/mol. The van der Waals surface area contributed by atoms with E-state index in [1.54, 1.807) is 7.11 Å². The molecule has 1 atom stereocenters. The van der Waals surface area contributed by atoms with Crippen LogP contribution in [0, 0.1) is 0 Å². The van der Waals surface area contributed by atoms with Crippen LogP contribution in [0.3, 0.4) is 0 Å². The van der Waals surface area contributed by atoms with Crippen LogP contribution >= 0.6 is 15.9 Å². The molecular formula is C15H15BrN2O. The molecule has 0 bridgehead atoms. The summed E-state index contributed by atoms with van der Waals surface area (Å²) in [6, 6.07) is 10.6. The number of aryl methyl sites for hydroxylation is 1. The molecule has 0 amide bonds. The number of hydrogen-bond acceptors (Lipinski definition) is 3. The lowest BCUT2D eigenvalue weighted by atomic mass is 10.1. The first-order valence-electron chi connectivity index (χ1n) is 6.31. The SMILES string of the molecule is COc1ccc2c(c1)C(Nc1ccc(Br)nc1)CC2. The average molecular weight is 319 g/mol. The molecule has 1 heterocycles. The first-order chi connectivity index (χ1) is 9.26. The molecule has 0 fully saturated rings. The Morgan fingerprint density at radius 3 is 2.95 bits per heavy atom. The predicted octanol–water partition coefficient (Wildman–Crippen LogP) is 3.95. The number of nitrogens with one attached hydrogen (secondary N) is 1. The third-order valence-electron chi connectivity index (χ3n) is 3.50. The molecule has 19 heavy (non-hydrogen) atoms. The molecule has 0 aliphatic heterocycles. The third kappa shape index (κ3) is 2.59. The molecule has 1 aromatic heterocycles. The highest BCUT2D eigenvalue weighted by Gasteiger charge is 2.22. The van der Waals surface area contributed by atoms with Gasteiger partial charge in [-0.05, 0) is 64.2 Å². The zero-order valence-corrected chi connectivity index (χ0v) is 12.3. The fourth-order valence-electron chi connectivity index (χ4n) is 2.52. The zero-order chi connectivity index (χ0) is 13.2. The number of hydrogen-bond donors (Lipinski definition) is 1. The lowest BCUT2D eigenvalue weighted by molar-refractivity contribution is 0.414. The maximum absolute atomic E-state index is 5.31. The van der Waals surface area contributed by atoms with Crippen molar-refractivity contribution in [1.29, 1.82) is 0 Å². The van der Waals surface area contributed by atoms with E-state index in [0.29, 0.717) is 6.04 Å². The van der Waals surface area contributed by atoms with Gasteiger partial charge in [0.15, 0.2) is 0 Å². The van der Waals surface area contributed by atoms with E-state index in [1.165, 1.54) is 11.1 Å². The van der Waals surface area contributed by atoms with Crippen LogP contribution < -0.4 is 10.1 Å². The Morgan fingerprint density at radius 1 is 1.32 bits per heavy atom. The number of nitrogens with zero attached hydrogens (tertiary/aromatic N) is 1. The standard InChI is InChI=1S/C15H15BrN2O/c1-19-12-5-2-10-3-6-14(13(10)8-12)18-11-4-7-15(16)17-9-11/h2,4-5,7-9,14,18H,3,6H2,1H3. The van der Waals surface area contributed by atoms with Gasteiger partial charge in [-0.1, -0.05) is 6.07 Å². The van der Waals surface area contributed by atoms with Gasteiger partial charge in [-0.15, -0.1) is 0 Å². The van der Waals surface area contributed by atoms with Gasteiger partial charge in [0.1, 0.15) is 10.4 Å². The first kappa shape index (κ1) is 12.5. The van der Waals surface area contributed by atoms with Gasteiger partial charge in [0.2, 0.25) is 0 Å². The summed E-state index contributed by atoms with van der Waals surface area (Å²) < 4.78 is 6.16. The quantitative estimate of drug-likeness (QED) is 0.870. The molecule has 0 spiro atoms. The summed E-state index contributed by atoms with van der Waals surface area (Å²) in [6.45, 7) is 0. The van der Waals surface area contributed by atoms with Gasteiger partial charge in [-0.3, -0.25) is 0 Å². The Kier molecular flexibility index (Phi) is 3.42. The third-order valence-corrected chi connectivity index (χ3v) is 3.97. The summed E-state index contributed by atoms with van der Waals surface area (Å²) in [6.07, 6.45) is 4.07. The van der Waals surface area contributed by atoms with Gasteiger partial charge in [0.25, 0.3) is 0 Å². The number of benzene rings is 1. The van der Waals surface area contributed by atoms with E-state index < -0.39 is 0 Å². The van der Waals surface area contributed by atoms with Gasteiger partial charge in [-0.25, -0.2) is 4.98 Å². The van der Waals surface area contributed by atoms with Crippen LogP contribution in [0.15, 0.2) is 41.1 Å². The second kappa shape index (κ2) is 5.21. The lowest BCUT2D eigenvalue weighted by Crippen LogP contribution is -2.07. The van der Waals surface area contributed by atoms with Crippen LogP contribution in [0.1, 0.15) is 23.6 Å². The fourth-order valence-corrected chi connectivity index (χ4v) is 2.75. The van der Waals surface area contributed by atoms with E-state index in [1.807, 2.05) is 24.4 Å². The monoisotopic (exact) mass is 318 g/mol. The van der Waals surface area contributed by atoms with Crippen molar-refractivity contribution in [3.05, 3.63) is 52.3 Å². The summed E-state index contributed by atoms with van der Waals surface area (Å²) in [5.74, 6) is 0.918. The molecule has 1 aromatic carbocycles. The predicted molar refractivity (Wildman–Crippen MR) is 79.6 cm³/mol. The summed E-state index contributed by atoms with van der Waals surface area (Å²) in [7, 11) is 1.71. The molecule has 3 rings (SSSR count). The number of rotatable bonds is 3. The highest BCUT2D eigenvalue weighted by Crippen LogP contribution is 2.35. The molecule has 2 aromatic rings. The van der Waals surface area contributed by atoms with Gasteiger partial charge >= 0.3 is 0 Å². The number of pyridine rings is 1. The topological polar surface area (TPSA) is 34.1 Å². The maximum Gasteiger partial charge on any atom is 0.119 e. The highest BCUT2D eigenvalue weighted by atomic mass is 79.9. The molecule has 4 heteroatoms. The van der Waals surface area contributed by atoms with Crippen molar-refractivity contribution in [3.8, 4) is 5.75 Å². The number of methoxy groups -OCH3 is 1. The number of halogens is 1. The van der Waals surface area contributed by atoms with Crippen molar-refractivity contribution in [2.75, 3.05) is 12.4 Å². The van der Waals surface area contributed by atoms with Crippen LogP contribution in [0.25, 0.3) is 0 Å². The van der Waals surface area contributed by atoms with Gasteiger partial charge < -0.3 is 10.1 Å². The number of aromatic nitrogens is 1. The van der Waals surface area contributed by atoms with E-state index in [0.717, 1.165) is 28.9 Å². The van der Waals surface area contributed by atoms with Crippen molar-refractivity contribution in [1.82, 2.24) is 4.98 Å². The second-order valence-electron chi connectivity index (χ2n) is 4.67. The smallest absolute Gasteiger partial charge is 0.119 e. The molecule has 0 saturated heterocycles. The van der Waals surface area contributed by atoms with Gasteiger partial charge in [0.05, 0.1) is 25.0 Å².